The number of nitriles is 1. The maximum Gasteiger partial charge on any atom is 0.306 e. The Morgan fingerprint density at radius 2 is 1.26 bits per heavy atom. The molecule has 8 nitrogen and oxygen atoms in total. The number of hydrogen-bond donors (Lipinski definition) is 0. The lowest BCUT2D eigenvalue weighted by Crippen LogP contribution is -2.32. The van der Waals surface area contributed by atoms with Crippen molar-refractivity contribution in [3.63, 3.8) is 0 Å². The molecule has 0 aliphatic carbocycles. The maximum absolute atomic E-state index is 11.7. The van der Waals surface area contributed by atoms with Crippen molar-refractivity contribution in [2.45, 2.75) is 25.7 Å². The van der Waals surface area contributed by atoms with Crippen molar-refractivity contribution in [1.29, 1.82) is 5.26 Å². The van der Waals surface area contributed by atoms with Crippen LogP contribution in [-0.2, 0) is 19.1 Å². The first kappa shape index (κ1) is 26.6. The molecule has 2 aromatic carbocycles. The summed E-state index contributed by atoms with van der Waals surface area (Å²) in [6, 6.07) is 16.1. The Morgan fingerprint density at radius 3 is 1.69 bits per heavy atom. The zero-order chi connectivity index (χ0) is 25.3. The minimum absolute atomic E-state index is 0.161. The van der Waals surface area contributed by atoms with E-state index in [1.807, 2.05) is 17.0 Å². The first-order valence-corrected chi connectivity index (χ1v) is 11.0. The van der Waals surface area contributed by atoms with E-state index in [1.54, 1.807) is 36.4 Å². The Morgan fingerprint density at radius 1 is 0.800 bits per heavy atom. The van der Waals surface area contributed by atoms with Crippen LogP contribution in [0.25, 0.3) is 0 Å². The number of ether oxygens (including phenoxy) is 2. The lowest BCUT2D eigenvalue weighted by molar-refractivity contribution is -0.143. The van der Waals surface area contributed by atoms with Crippen LogP contribution in [-0.4, -0.2) is 38.2 Å². The highest BCUT2D eigenvalue weighted by Gasteiger charge is 2.10. The number of carbonyl (C=O) groups is 2. The minimum Gasteiger partial charge on any atom is -0.464 e. The largest absolute Gasteiger partial charge is 0.464 e. The third-order valence-electron chi connectivity index (χ3n) is 4.69. The van der Waals surface area contributed by atoms with Gasteiger partial charge in [0.05, 0.1) is 48.9 Å². The highest BCUT2D eigenvalue weighted by atomic mass is 16.5. The van der Waals surface area contributed by atoms with Crippen LogP contribution in [0.3, 0.4) is 0 Å². The molecular weight excluding hydrogens is 444 g/mol. The smallest absolute Gasteiger partial charge is 0.306 e. The van der Waals surface area contributed by atoms with Crippen molar-refractivity contribution in [2.75, 3.05) is 31.2 Å². The van der Waals surface area contributed by atoms with Gasteiger partial charge in [-0.1, -0.05) is 0 Å². The number of rotatable bonds is 13. The maximum atomic E-state index is 11.7. The molecule has 0 fully saturated rings. The van der Waals surface area contributed by atoms with Crippen molar-refractivity contribution in [3.05, 3.63) is 54.1 Å². The number of esters is 2. The van der Waals surface area contributed by atoms with Gasteiger partial charge >= 0.3 is 11.9 Å². The summed E-state index contributed by atoms with van der Waals surface area (Å²) in [5, 5.41) is 17.3. The van der Waals surface area contributed by atoms with Crippen LogP contribution in [0, 0.1) is 36.0 Å². The normalized spacial score (nSPS) is 10.1. The first-order chi connectivity index (χ1) is 17.0. The van der Waals surface area contributed by atoms with Gasteiger partial charge < -0.3 is 14.4 Å². The third-order valence-corrected chi connectivity index (χ3v) is 4.69. The van der Waals surface area contributed by atoms with Crippen molar-refractivity contribution < 1.29 is 19.1 Å². The molecule has 0 saturated carbocycles. The number of terminal acetylenes is 2. The summed E-state index contributed by atoms with van der Waals surface area (Å²) in [4.78, 5) is 25.4. The zero-order valence-corrected chi connectivity index (χ0v) is 19.4. The standard InChI is InChI=1S/C27H26N4O4/c1-3-5-7-26(32)34-19-17-31(18-20-35-27(33)8-6-4-2)25-15-13-24(14-16-25)30-29-23-11-9-22(21-28)10-12-23/h1-2,9-16H,5-8,17-20H2. The van der Waals surface area contributed by atoms with E-state index in [-0.39, 0.29) is 38.0 Å². The van der Waals surface area contributed by atoms with Crippen LogP contribution in [0.1, 0.15) is 31.2 Å². The number of nitrogens with zero attached hydrogens (tertiary/aromatic N) is 4. The lowest BCUT2D eigenvalue weighted by Gasteiger charge is -2.24. The molecule has 0 radical (unpaired) electrons. The van der Waals surface area contributed by atoms with Crippen LogP contribution in [0.2, 0.25) is 0 Å². The highest BCUT2D eigenvalue weighted by Crippen LogP contribution is 2.22. The summed E-state index contributed by atoms with van der Waals surface area (Å²) in [6.07, 6.45) is 11.3. The van der Waals surface area contributed by atoms with E-state index in [2.05, 4.69) is 28.1 Å². The van der Waals surface area contributed by atoms with Gasteiger partial charge in [-0.25, -0.2) is 0 Å². The van der Waals surface area contributed by atoms with Gasteiger partial charge in [0.15, 0.2) is 0 Å². The zero-order valence-electron chi connectivity index (χ0n) is 19.4. The Hall–Kier alpha value is -4.61. The number of hydrogen-bond acceptors (Lipinski definition) is 8. The van der Waals surface area contributed by atoms with Gasteiger partial charge in [0, 0.05) is 18.5 Å². The van der Waals surface area contributed by atoms with Crippen LogP contribution < -0.4 is 4.90 Å². The minimum atomic E-state index is -0.359. The van der Waals surface area contributed by atoms with E-state index in [1.165, 1.54) is 0 Å². The van der Waals surface area contributed by atoms with Crippen LogP contribution in [0.15, 0.2) is 58.8 Å². The first-order valence-electron chi connectivity index (χ1n) is 11.0. The predicted octanol–water partition coefficient (Wildman–Crippen LogP) is 4.69. The van der Waals surface area contributed by atoms with E-state index in [0.29, 0.717) is 42.9 Å². The number of anilines is 1. The summed E-state index contributed by atoms with van der Waals surface area (Å²) in [5.41, 5.74) is 2.66. The molecule has 0 aliphatic rings. The van der Waals surface area contributed by atoms with Gasteiger partial charge in [-0.3, -0.25) is 9.59 Å². The highest BCUT2D eigenvalue weighted by molar-refractivity contribution is 5.70. The van der Waals surface area contributed by atoms with Crippen molar-refractivity contribution in [1.82, 2.24) is 0 Å². The molecule has 0 aromatic heterocycles. The van der Waals surface area contributed by atoms with Gasteiger partial charge in [-0.05, 0) is 48.5 Å². The SMILES string of the molecule is C#CCCC(=O)OCCN(CCOC(=O)CCC#C)c1ccc(N=Nc2ccc(C#N)cc2)cc1. The second-order valence-corrected chi connectivity index (χ2v) is 7.21. The average Bonchev–Trinajstić information content (AvgIpc) is 2.89. The fraction of sp³-hybridized carbons (Fsp3) is 0.296. The average molecular weight is 471 g/mol. The van der Waals surface area contributed by atoms with E-state index in [4.69, 9.17) is 27.6 Å². The van der Waals surface area contributed by atoms with Crippen molar-refractivity contribution in [3.8, 4) is 30.8 Å². The number of azo groups is 1. The second kappa shape index (κ2) is 15.3. The molecule has 0 amide bonds. The van der Waals surface area contributed by atoms with Gasteiger partial charge in [-0.15, -0.1) is 24.7 Å². The molecule has 0 atom stereocenters. The van der Waals surface area contributed by atoms with E-state index in [0.717, 1.165) is 5.69 Å². The molecule has 0 unspecified atom stereocenters. The number of carbonyl (C=O) groups excluding carboxylic acids is 2. The molecule has 2 aromatic rings. The Balaban J connectivity index is 2.00. The van der Waals surface area contributed by atoms with E-state index < -0.39 is 0 Å². The fourth-order valence-electron chi connectivity index (χ4n) is 2.85. The van der Waals surface area contributed by atoms with Gasteiger partial charge in [0.25, 0.3) is 0 Å². The van der Waals surface area contributed by atoms with E-state index in [9.17, 15) is 9.59 Å². The fourth-order valence-corrected chi connectivity index (χ4v) is 2.85. The molecule has 0 bridgehead atoms. The van der Waals surface area contributed by atoms with Crippen LogP contribution in [0.4, 0.5) is 17.1 Å². The summed E-state index contributed by atoms with van der Waals surface area (Å²) in [5.74, 6) is 4.09. The van der Waals surface area contributed by atoms with Crippen molar-refractivity contribution in [2.24, 2.45) is 10.2 Å². The quantitative estimate of drug-likeness (QED) is 0.239. The molecule has 0 N–H and O–H groups in total. The summed E-state index contributed by atoms with van der Waals surface area (Å²) >= 11 is 0. The van der Waals surface area contributed by atoms with Crippen LogP contribution in [0.5, 0.6) is 0 Å². The Bertz CT molecular complexity index is 1080. The van der Waals surface area contributed by atoms with Gasteiger partial charge in [-0.2, -0.15) is 15.5 Å². The molecule has 0 heterocycles. The van der Waals surface area contributed by atoms with E-state index >= 15 is 0 Å². The molecular formula is C27H26N4O4. The molecule has 178 valence electrons. The monoisotopic (exact) mass is 470 g/mol. The summed E-state index contributed by atoms with van der Waals surface area (Å²) in [7, 11) is 0. The van der Waals surface area contributed by atoms with Crippen LogP contribution >= 0.6 is 0 Å². The lowest BCUT2D eigenvalue weighted by atomic mass is 10.2. The van der Waals surface area contributed by atoms with Crippen molar-refractivity contribution >= 4 is 29.0 Å². The summed E-state index contributed by atoms with van der Waals surface area (Å²) in [6.45, 7) is 1.12. The molecule has 0 saturated heterocycles. The van der Waals surface area contributed by atoms with Gasteiger partial charge in [0.2, 0.25) is 0 Å². The second-order valence-electron chi connectivity index (χ2n) is 7.21. The summed E-state index contributed by atoms with van der Waals surface area (Å²) < 4.78 is 10.5. The predicted molar refractivity (Wildman–Crippen MR) is 132 cm³/mol. The topological polar surface area (TPSA) is 104 Å². The molecule has 35 heavy (non-hydrogen) atoms. The van der Waals surface area contributed by atoms with Gasteiger partial charge in [0.1, 0.15) is 13.2 Å². The molecule has 0 aliphatic heterocycles. The molecule has 8 heteroatoms. The molecule has 0 spiro atoms. The molecule has 2 rings (SSSR count). The number of benzene rings is 2. The Labute approximate surface area is 205 Å². The third kappa shape index (κ3) is 10.2. The Kier molecular flexibility index (Phi) is 11.6.